The minimum atomic E-state index is -0.622. The summed E-state index contributed by atoms with van der Waals surface area (Å²) in [4.78, 5) is 34.5. The topological polar surface area (TPSA) is 108 Å². The maximum atomic E-state index is 12.5. The van der Waals surface area contributed by atoms with Crippen molar-refractivity contribution in [2.45, 2.75) is 19.8 Å². The van der Waals surface area contributed by atoms with Gasteiger partial charge in [-0.25, -0.2) is 0 Å². The minimum Gasteiger partial charge on any atom is -0.497 e. The van der Waals surface area contributed by atoms with E-state index in [1.54, 1.807) is 25.1 Å². The zero-order chi connectivity index (χ0) is 19.8. The van der Waals surface area contributed by atoms with Crippen LogP contribution >= 0.6 is 0 Å². The first kappa shape index (κ1) is 19.9. The number of aryl methyl sites for hydroxylation is 1. The van der Waals surface area contributed by atoms with E-state index >= 15 is 0 Å². The normalized spacial score (nSPS) is 10.1. The average Bonchev–Trinajstić information content (AvgIpc) is 2.66. The molecule has 0 aliphatic heterocycles. The number of nitrogens with one attached hydrogen (secondary N) is 1. The second kappa shape index (κ2) is 9.33. The molecule has 0 saturated heterocycles. The Morgan fingerprint density at radius 1 is 1.19 bits per heavy atom. The standard InChI is InChI=1S/C19H20N2O6/c1-3-27-18(22)10-7-13-5-4-6-14(11-13)20-19(23)16-12-15(26-2)8-9-17(16)21(24)25/h4-6,8-9,11-12H,3,7,10H2,1-2H3,(H,20,23). The number of nitrogens with zero attached hydrogens (tertiary/aromatic N) is 1. The number of nitro groups is 1. The second-order valence-corrected chi connectivity index (χ2v) is 5.60. The van der Waals surface area contributed by atoms with Crippen LogP contribution in [0.15, 0.2) is 42.5 Å². The Morgan fingerprint density at radius 3 is 2.63 bits per heavy atom. The van der Waals surface area contributed by atoms with E-state index in [2.05, 4.69) is 5.32 Å². The second-order valence-electron chi connectivity index (χ2n) is 5.60. The molecule has 1 N–H and O–H groups in total. The van der Waals surface area contributed by atoms with Crippen LogP contribution in [0, 0.1) is 10.1 Å². The van der Waals surface area contributed by atoms with Crippen molar-refractivity contribution >= 4 is 23.3 Å². The fourth-order valence-electron chi connectivity index (χ4n) is 2.47. The monoisotopic (exact) mass is 372 g/mol. The summed E-state index contributed by atoms with van der Waals surface area (Å²) in [7, 11) is 1.41. The Labute approximate surface area is 156 Å². The van der Waals surface area contributed by atoms with Gasteiger partial charge in [0.1, 0.15) is 11.3 Å². The van der Waals surface area contributed by atoms with Gasteiger partial charge in [0.15, 0.2) is 0 Å². The molecule has 2 aromatic rings. The number of hydrogen-bond acceptors (Lipinski definition) is 6. The summed E-state index contributed by atoms with van der Waals surface area (Å²) in [5, 5.41) is 13.8. The molecule has 0 fully saturated rings. The number of carbonyl (C=O) groups is 2. The predicted octanol–water partition coefficient (Wildman–Crippen LogP) is 3.35. The summed E-state index contributed by atoms with van der Waals surface area (Å²) in [5.74, 6) is -0.573. The van der Waals surface area contributed by atoms with Crippen molar-refractivity contribution in [3.63, 3.8) is 0 Å². The van der Waals surface area contributed by atoms with E-state index in [0.29, 0.717) is 24.5 Å². The maximum absolute atomic E-state index is 12.5. The van der Waals surface area contributed by atoms with E-state index in [9.17, 15) is 19.7 Å². The van der Waals surface area contributed by atoms with E-state index in [1.165, 1.54) is 25.3 Å². The fraction of sp³-hybridized carbons (Fsp3) is 0.263. The van der Waals surface area contributed by atoms with Gasteiger partial charge in [-0.3, -0.25) is 19.7 Å². The molecular weight excluding hydrogens is 352 g/mol. The van der Waals surface area contributed by atoms with Crippen molar-refractivity contribution in [1.82, 2.24) is 0 Å². The molecule has 0 aromatic heterocycles. The number of anilines is 1. The van der Waals surface area contributed by atoms with Crippen LogP contribution in [0.5, 0.6) is 5.75 Å². The third-order valence-electron chi connectivity index (χ3n) is 3.75. The molecule has 0 aliphatic carbocycles. The lowest BCUT2D eigenvalue weighted by Gasteiger charge is -2.09. The Morgan fingerprint density at radius 2 is 1.96 bits per heavy atom. The highest BCUT2D eigenvalue weighted by Gasteiger charge is 2.21. The summed E-state index contributed by atoms with van der Waals surface area (Å²) in [6, 6.07) is 10.9. The highest BCUT2D eigenvalue weighted by atomic mass is 16.6. The molecule has 0 heterocycles. The molecule has 27 heavy (non-hydrogen) atoms. The highest BCUT2D eigenvalue weighted by molar-refractivity contribution is 6.07. The van der Waals surface area contributed by atoms with Crippen molar-refractivity contribution < 1.29 is 24.0 Å². The largest absolute Gasteiger partial charge is 0.497 e. The highest BCUT2D eigenvalue weighted by Crippen LogP contribution is 2.25. The zero-order valence-electron chi connectivity index (χ0n) is 15.1. The van der Waals surface area contributed by atoms with Crippen LogP contribution in [0.2, 0.25) is 0 Å². The molecule has 0 saturated carbocycles. The molecule has 8 heteroatoms. The van der Waals surface area contributed by atoms with Gasteiger partial charge in [-0.05, 0) is 43.2 Å². The van der Waals surface area contributed by atoms with E-state index in [4.69, 9.17) is 9.47 Å². The molecule has 0 bridgehead atoms. The molecule has 142 valence electrons. The van der Waals surface area contributed by atoms with Crippen molar-refractivity contribution in [2.75, 3.05) is 19.0 Å². The first-order valence-electron chi connectivity index (χ1n) is 8.33. The number of methoxy groups -OCH3 is 1. The first-order chi connectivity index (χ1) is 12.9. The lowest BCUT2D eigenvalue weighted by Crippen LogP contribution is -2.14. The zero-order valence-corrected chi connectivity index (χ0v) is 15.1. The number of rotatable bonds is 8. The number of ether oxygens (including phenoxy) is 2. The Kier molecular flexibility index (Phi) is 6.87. The van der Waals surface area contributed by atoms with E-state index in [0.717, 1.165) is 5.56 Å². The van der Waals surface area contributed by atoms with E-state index in [1.807, 2.05) is 6.07 Å². The third-order valence-corrected chi connectivity index (χ3v) is 3.75. The van der Waals surface area contributed by atoms with Gasteiger partial charge in [0.25, 0.3) is 11.6 Å². The molecular formula is C19H20N2O6. The number of esters is 1. The quantitative estimate of drug-likeness (QED) is 0.432. The van der Waals surface area contributed by atoms with Crippen molar-refractivity contribution in [2.24, 2.45) is 0 Å². The van der Waals surface area contributed by atoms with Crippen molar-refractivity contribution in [3.8, 4) is 5.75 Å². The van der Waals surface area contributed by atoms with Crippen LogP contribution in [0.4, 0.5) is 11.4 Å². The van der Waals surface area contributed by atoms with Gasteiger partial charge >= 0.3 is 5.97 Å². The summed E-state index contributed by atoms with van der Waals surface area (Å²) in [6.07, 6.45) is 0.689. The van der Waals surface area contributed by atoms with Crippen LogP contribution in [-0.2, 0) is 16.0 Å². The van der Waals surface area contributed by atoms with Crippen LogP contribution in [0.3, 0.4) is 0 Å². The smallest absolute Gasteiger partial charge is 0.306 e. The lowest BCUT2D eigenvalue weighted by atomic mass is 10.1. The predicted molar refractivity (Wildman–Crippen MR) is 99.0 cm³/mol. The van der Waals surface area contributed by atoms with Gasteiger partial charge < -0.3 is 14.8 Å². The molecule has 8 nitrogen and oxygen atoms in total. The molecule has 0 atom stereocenters. The molecule has 0 spiro atoms. The van der Waals surface area contributed by atoms with Crippen LogP contribution in [0.1, 0.15) is 29.3 Å². The summed E-state index contributed by atoms with van der Waals surface area (Å²) in [6.45, 7) is 2.07. The number of amides is 1. The summed E-state index contributed by atoms with van der Waals surface area (Å²) < 4.78 is 9.93. The molecule has 0 radical (unpaired) electrons. The molecule has 1 amide bonds. The van der Waals surface area contributed by atoms with Gasteiger partial charge in [-0.15, -0.1) is 0 Å². The van der Waals surface area contributed by atoms with Crippen LogP contribution in [-0.4, -0.2) is 30.5 Å². The van der Waals surface area contributed by atoms with Crippen molar-refractivity contribution in [3.05, 3.63) is 63.7 Å². The number of nitro benzene ring substituents is 1. The third kappa shape index (κ3) is 5.53. The van der Waals surface area contributed by atoms with Crippen LogP contribution in [0.25, 0.3) is 0 Å². The Balaban J connectivity index is 2.15. The molecule has 0 unspecified atom stereocenters. The number of hydrogen-bond donors (Lipinski definition) is 1. The fourth-order valence-corrected chi connectivity index (χ4v) is 2.47. The summed E-state index contributed by atoms with van der Waals surface area (Å²) >= 11 is 0. The maximum Gasteiger partial charge on any atom is 0.306 e. The molecule has 2 rings (SSSR count). The van der Waals surface area contributed by atoms with Crippen LogP contribution < -0.4 is 10.1 Å². The summed E-state index contributed by atoms with van der Waals surface area (Å²) in [5.41, 5.74) is 0.891. The Hall–Kier alpha value is -3.42. The SMILES string of the molecule is CCOC(=O)CCc1cccc(NC(=O)c2cc(OC)ccc2[N+](=O)[O-])c1. The molecule has 0 aliphatic rings. The van der Waals surface area contributed by atoms with E-state index in [-0.39, 0.29) is 23.6 Å². The minimum absolute atomic E-state index is 0.101. The van der Waals surface area contributed by atoms with Gasteiger partial charge in [0.05, 0.1) is 18.6 Å². The number of benzene rings is 2. The van der Waals surface area contributed by atoms with Gasteiger partial charge in [0, 0.05) is 18.2 Å². The average molecular weight is 372 g/mol. The number of carbonyl (C=O) groups excluding carboxylic acids is 2. The van der Waals surface area contributed by atoms with Gasteiger partial charge in [-0.2, -0.15) is 0 Å². The van der Waals surface area contributed by atoms with Crippen molar-refractivity contribution in [1.29, 1.82) is 0 Å². The van der Waals surface area contributed by atoms with Gasteiger partial charge in [-0.1, -0.05) is 12.1 Å². The van der Waals surface area contributed by atoms with E-state index < -0.39 is 10.8 Å². The molecule has 2 aromatic carbocycles. The lowest BCUT2D eigenvalue weighted by molar-refractivity contribution is -0.385. The van der Waals surface area contributed by atoms with Gasteiger partial charge in [0.2, 0.25) is 0 Å². The first-order valence-corrected chi connectivity index (χ1v) is 8.33. The Bertz CT molecular complexity index is 850.